The molecule has 2 aromatic carbocycles. The Morgan fingerprint density at radius 3 is 2.41 bits per heavy atom. The molecular formula is C25H28N4O3. The van der Waals surface area contributed by atoms with E-state index in [9.17, 15) is 0 Å². The van der Waals surface area contributed by atoms with Crippen LogP contribution >= 0.6 is 0 Å². The van der Waals surface area contributed by atoms with Crippen LogP contribution < -0.4 is 19.5 Å². The smallest absolute Gasteiger partial charge is 0.219 e. The largest absolute Gasteiger partial charge is 0.493 e. The van der Waals surface area contributed by atoms with Gasteiger partial charge in [0, 0.05) is 38.9 Å². The number of nitrogens with one attached hydrogen (secondary N) is 1. The number of ether oxygens (including phenoxy) is 3. The van der Waals surface area contributed by atoms with Gasteiger partial charge in [-0.05, 0) is 35.2 Å². The van der Waals surface area contributed by atoms with Crippen molar-refractivity contribution in [2.75, 3.05) is 27.8 Å². The van der Waals surface area contributed by atoms with E-state index in [4.69, 9.17) is 14.2 Å². The van der Waals surface area contributed by atoms with Gasteiger partial charge < -0.3 is 24.4 Å². The zero-order chi connectivity index (χ0) is 22.3. The van der Waals surface area contributed by atoms with Crippen LogP contribution in [0.4, 0.5) is 0 Å². The molecule has 0 saturated heterocycles. The van der Waals surface area contributed by atoms with Gasteiger partial charge in [0.15, 0.2) is 17.5 Å². The van der Waals surface area contributed by atoms with E-state index >= 15 is 0 Å². The molecule has 1 aliphatic rings. The fourth-order valence-electron chi connectivity index (χ4n) is 3.79. The molecule has 7 heteroatoms. The molecule has 2 heterocycles. The Labute approximate surface area is 188 Å². The number of aliphatic imine (C=N–C) groups is 1. The van der Waals surface area contributed by atoms with Gasteiger partial charge in [0.05, 0.1) is 14.2 Å². The first-order chi connectivity index (χ1) is 15.7. The molecule has 0 fully saturated rings. The molecule has 0 bridgehead atoms. The fourth-order valence-corrected chi connectivity index (χ4v) is 3.79. The summed E-state index contributed by atoms with van der Waals surface area (Å²) in [6.07, 6.45) is 2.82. The van der Waals surface area contributed by atoms with E-state index in [1.165, 1.54) is 11.1 Å². The fraction of sp³-hybridized carbons (Fsp3) is 0.280. The van der Waals surface area contributed by atoms with Crippen LogP contribution in [-0.4, -0.2) is 43.7 Å². The van der Waals surface area contributed by atoms with E-state index < -0.39 is 0 Å². The molecule has 0 unspecified atom stereocenters. The van der Waals surface area contributed by atoms with Crippen LogP contribution in [0.15, 0.2) is 65.8 Å². The Kier molecular flexibility index (Phi) is 6.75. The normalized spacial score (nSPS) is 13.3. The molecule has 0 atom stereocenters. The van der Waals surface area contributed by atoms with Crippen molar-refractivity contribution >= 4 is 5.96 Å². The van der Waals surface area contributed by atoms with E-state index in [1.54, 1.807) is 20.4 Å². The average molecular weight is 433 g/mol. The maximum Gasteiger partial charge on any atom is 0.219 e. The first-order valence-electron chi connectivity index (χ1n) is 10.6. The highest BCUT2D eigenvalue weighted by Crippen LogP contribution is 2.39. The predicted octanol–water partition coefficient (Wildman–Crippen LogP) is 4.02. The maximum absolute atomic E-state index is 5.94. The third kappa shape index (κ3) is 4.77. The lowest BCUT2D eigenvalue weighted by molar-refractivity contribution is 0.342. The molecule has 4 rings (SSSR count). The molecule has 166 valence electrons. The van der Waals surface area contributed by atoms with E-state index in [-0.39, 0.29) is 0 Å². The lowest BCUT2D eigenvalue weighted by Gasteiger charge is -2.31. The van der Waals surface area contributed by atoms with Gasteiger partial charge in [0.25, 0.3) is 0 Å². The number of benzene rings is 2. The third-order valence-electron chi connectivity index (χ3n) is 5.48. The number of guanidine groups is 1. The number of hydrogen-bond donors (Lipinski definition) is 1. The summed E-state index contributed by atoms with van der Waals surface area (Å²) in [4.78, 5) is 11.2. The monoisotopic (exact) mass is 432 g/mol. The van der Waals surface area contributed by atoms with Crippen LogP contribution in [0.25, 0.3) is 0 Å². The number of pyridine rings is 1. The van der Waals surface area contributed by atoms with E-state index in [0.717, 1.165) is 31.0 Å². The minimum atomic E-state index is 0.466. The van der Waals surface area contributed by atoms with Crippen molar-refractivity contribution < 1.29 is 14.2 Å². The number of nitrogens with zero attached hydrogens (tertiary/aromatic N) is 3. The Bertz CT molecular complexity index is 1060. The van der Waals surface area contributed by atoms with Gasteiger partial charge in [0.1, 0.15) is 0 Å². The molecular weight excluding hydrogens is 404 g/mol. The van der Waals surface area contributed by atoms with E-state index in [2.05, 4.69) is 44.5 Å². The summed E-state index contributed by atoms with van der Waals surface area (Å²) in [5.41, 5.74) is 3.81. The lowest BCUT2D eigenvalue weighted by Crippen LogP contribution is -2.43. The average Bonchev–Trinajstić information content (AvgIpc) is 2.85. The van der Waals surface area contributed by atoms with Crippen molar-refractivity contribution in [1.82, 2.24) is 15.2 Å². The van der Waals surface area contributed by atoms with Crippen LogP contribution in [-0.2, 0) is 19.5 Å². The number of methoxy groups -OCH3 is 2. The van der Waals surface area contributed by atoms with Crippen molar-refractivity contribution in [3.8, 4) is 23.1 Å². The second-order valence-electron chi connectivity index (χ2n) is 7.44. The summed E-state index contributed by atoms with van der Waals surface area (Å²) in [5, 5.41) is 3.45. The molecule has 0 aliphatic carbocycles. The van der Waals surface area contributed by atoms with Gasteiger partial charge in [-0.25, -0.2) is 4.98 Å². The lowest BCUT2D eigenvalue weighted by atomic mass is 10.0. The molecule has 0 spiro atoms. The molecule has 1 aliphatic heterocycles. The highest BCUT2D eigenvalue weighted by Gasteiger charge is 2.18. The standard InChI is InChI=1S/C25H28N4O3/c1-26-25(29-14-13-19-7-4-5-8-20(19)17-29)28-16-18-11-12-23(27-15-18)32-24-21(30-2)9-6-10-22(24)31-3/h4-12,15H,13-14,16-17H2,1-3H3,(H,26,28). The quantitative estimate of drug-likeness (QED) is 0.469. The van der Waals surface area contributed by atoms with Gasteiger partial charge in [0.2, 0.25) is 11.6 Å². The molecule has 3 aromatic rings. The second-order valence-corrected chi connectivity index (χ2v) is 7.44. The van der Waals surface area contributed by atoms with Gasteiger partial charge in [-0.1, -0.05) is 36.4 Å². The molecule has 1 N–H and O–H groups in total. The molecule has 1 aromatic heterocycles. The predicted molar refractivity (Wildman–Crippen MR) is 125 cm³/mol. The zero-order valence-electron chi connectivity index (χ0n) is 18.7. The van der Waals surface area contributed by atoms with Gasteiger partial charge in [-0.2, -0.15) is 0 Å². The Morgan fingerprint density at radius 1 is 1.00 bits per heavy atom. The molecule has 7 nitrogen and oxygen atoms in total. The number of para-hydroxylation sites is 1. The molecule has 0 saturated carbocycles. The first kappa shape index (κ1) is 21.5. The van der Waals surface area contributed by atoms with Crippen molar-refractivity contribution in [3.63, 3.8) is 0 Å². The second kappa shape index (κ2) is 10.0. The van der Waals surface area contributed by atoms with Crippen LogP contribution in [0.3, 0.4) is 0 Å². The van der Waals surface area contributed by atoms with Crippen LogP contribution in [0.1, 0.15) is 16.7 Å². The Morgan fingerprint density at radius 2 is 1.75 bits per heavy atom. The SMILES string of the molecule is CN=C(NCc1ccc(Oc2c(OC)cccc2OC)nc1)N1CCc2ccccc2C1. The third-order valence-corrected chi connectivity index (χ3v) is 5.48. The minimum absolute atomic E-state index is 0.466. The highest BCUT2D eigenvalue weighted by atomic mass is 16.5. The van der Waals surface area contributed by atoms with Gasteiger partial charge in [-0.15, -0.1) is 0 Å². The summed E-state index contributed by atoms with van der Waals surface area (Å²) in [5.74, 6) is 3.03. The van der Waals surface area contributed by atoms with Crippen LogP contribution in [0, 0.1) is 0 Å². The summed E-state index contributed by atoms with van der Waals surface area (Å²) in [6.45, 7) is 2.43. The number of fused-ring (bicyclic) bond motifs is 1. The summed E-state index contributed by atoms with van der Waals surface area (Å²) < 4.78 is 16.7. The highest BCUT2D eigenvalue weighted by molar-refractivity contribution is 5.80. The minimum Gasteiger partial charge on any atom is -0.493 e. The van der Waals surface area contributed by atoms with Crippen molar-refractivity contribution in [2.45, 2.75) is 19.5 Å². The molecule has 0 amide bonds. The van der Waals surface area contributed by atoms with Crippen molar-refractivity contribution in [3.05, 3.63) is 77.5 Å². The Hall–Kier alpha value is -3.74. The van der Waals surface area contributed by atoms with Crippen molar-refractivity contribution in [1.29, 1.82) is 0 Å². The molecule has 0 radical (unpaired) electrons. The number of aromatic nitrogens is 1. The maximum atomic E-state index is 5.94. The number of rotatable bonds is 6. The Balaban J connectivity index is 1.38. The van der Waals surface area contributed by atoms with E-state index in [0.29, 0.717) is 29.7 Å². The topological polar surface area (TPSA) is 68.2 Å². The zero-order valence-corrected chi connectivity index (χ0v) is 18.7. The summed E-state index contributed by atoms with van der Waals surface area (Å²) >= 11 is 0. The van der Waals surface area contributed by atoms with Gasteiger partial charge >= 0.3 is 0 Å². The summed E-state index contributed by atoms with van der Waals surface area (Å²) in [6, 6.07) is 17.9. The first-order valence-corrected chi connectivity index (χ1v) is 10.6. The van der Waals surface area contributed by atoms with E-state index in [1.807, 2.05) is 37.4 Å². The van der Waals surface area contributed by atoms with Crippen LogP contribution in [0.2, 0.25) is 0 Å². The van der Waals surface area contributed by atoms with Crippen LogP contribution in [0.5, 0.6) is 23.1 Å². The van der Waals surface area contributed by atoms with Gasteiger partial charge in [-0.3, -0.25) is 4.99 Å². The number of hydrogen-bond acceptors (Lipinski definition) is 5. The summed E-state index contributed by atoms with van der Waals surface area (Å²) in [7, 11) is 5.01. The van der Waals surface area contributed by atoms with Crippen molar-refractivity contribution in [2.24, 2.45) is 4.99 Å². The molecule has 32 heavy (non-hydrogen) atoms.